The Bertz CT molecular complexity index is 1010. The zero-order valence-electron chi connectivity index (χ0n) is 15.6. The number of nitrogens with one attached hydrogen (secondary N) is 1. The van der Waals surface area contributed by atoms with Gasteiger partial charge in [-0.1, -0.05) is 36.4 Å². The highest BCUT2D eigenvalue weighted by Gasteiger charge is 2.33. The SMILES string of the molecule is C[C@@H]1CN(C(=O)c2ccccc2)CCN1C(=O)C(=O)c1cc2ccccc2[nH]1. The van der Waals surface area contributed by atoms with Crippen LogP contribution in [0.2, 0.25) is 0 Å². The number of aromatic nitrogens is 1. The molecule has 1 fully saturated rings. The average Bonchev–Trinajstić information content (AvgIpc) is 3.17. The van der Waals surface area contributed by atoms with Crippen molar-refractivity contribution < 1.29 is 14.4 Å². The Balaban J connectivity index is 1.46. The second-order valence-electron chi connectivity index (χ2n) is 7.06. The van der Waals surface area contributed by atoms with E-state index in [1.807, 2.05) is 49.4 Å². The van der Waals surface area contributed by atoms with Gasteiger partial charge in [0.25, 0.3) is 17.6 Å². The standard InChI is InChI=1S/C22H21N3O3/c1-15-14-24(21(27)16-7-3-2-4-8-16)11-12-25(15)22(28)20(26)19-13-17-9-5-6-10-18(17)23-19/h2-10,13,15,23H,11-12,14H2,1H3/t15-/m1/s1. The number of H-pyrrole nitrogens is 1. The van der Waals surface area contributed by atoms with Crippen LogP contribution in [0.4, 0.5) is 0 Å². The van der Waals surface area contributed by atoms with Gasteiger partial charge in [-0.05, 0) is 31.2 Å². The molecule has 0 saturated carbocycles. The lowest BCUT2D eigenvalue weighted by Gasteiger charge is -2.39. The number of carbonyl (C=O) groups excluding carboxylic acids is 3. The van der Waals surface area contributed by atoms with Gasteiger partial charge in [0.1, 0.15) is 0 Å². The number of ketones is 1. The van der Waals surface area contributed by atoms with E-state index < -0.39 is 11.7 Å². The number of rotatable bonds is 3. The fourth-order valence-corrected chi connectivity index (χ4v) is 3.65. The fraction of sp³-hybridized carbons (Fsp3) is 0.227. The predicted molar refractivity (Wildman–Crippen MR) is 106 cm³/mol. The highest BCUT2D eigenvalue weighted by Crippen LogP contribution is 2.18. The summed E-state index contributed by atoms with van der Waals surface area (Å²) in [4.78, 5) is 44.4. The van der Waals surface area contributed by atoms with Crippen LogP contribution in [0.5, 0.6) is 0 Å². The Morgan fingerprint density at radius 3 is 2.39 bits per heavy atom. The molecule has 0 radical (unpaired) electrons. The Labute approximate surface area is 162 Å². The van der Waals surface area contributed by atoms with Gasteiger partial charge in [0.2, 0.25) is 0 Å². The molecule has 6 heteroatoms. The summed E-state index contributed by atoms with van der Waals surface area (Å²) in [5.74, 6) is -1.14. The highest BCUT2D eigenvalue weighted by molar-refractivity contribution is 6.42. The number of carbonyl (C=O) groups is 3. The number of piperazine rings is 1. The van der Waals surface area contributed by atoms with Crippen LogP contribution in [0.3, 0.4) is 0 Å². The summed E-state index contributed by atoms with van der Waals surface area (Å²) in [6.45, 7) is 3.01. The molecule has 1 N–H and O–H groups in total. The summed E-state index contributed by atoms with van der Waals surface area (Å²) in [6.07, 6.45) is 0. The van der Waals surface area contributed by atoms with Crippen molar-refractivity contribution in [1.29, 1.82) is 0 Å². The minimum atomic E-state index is -0.550. The van der Waals surface area contributed by atoms with E-state index in [2.05, 4.69) is 4.98 Å². The maximum atomic E-state index is 12.8. The molecular formula is C22H21N3O3. The molecule has 0 aliphatic carbocycles. The Morgan fingerprint density at radius 2 is 1.68 bits per heavy atom. The molecule has 1 saturated heterocycles. The Morgan fingerprint density at radius 1 is 0.964 bits per heavy atom. The van der Waals surface area contributed by atoms with Crippen molar-refractivity contribution in [1.82, 2.24) is 14.8 Å². The maximum absolute atomic E-state index is 12.8. The summed E-state index contributed by atoms with van der Waals surface area (Å²) >= 11 is 0. The van der Waals surface area contributed by atoms with Crippen molar-refractivity contribution in [3.8, 4) is 0 Å². The fourth-order valence-electron chi connectivity index (χ4n) is 3.65. The molecule has 142 valence electrons. The van der Waals surface area contributed by atoms with Gasteiger partial charge >= 0.3 is 0 Å². The van der Waals surface area contributed by atoms with Gasteiger partial charge in [-0.15, -0.1) is 0 Å². The lowest BCUT2D eigenvalue weighted by molar-refractivity contribution is -0.130. The lowest BCUT2D eigenvalue weighted by Crippen LogP contribution is -2.56. The smallest absolute Gasteiger partial charge is 0.296 e. The largest absolute Gasteiger partial charge is 0.352 e. The molecule has 2 heterocycles. The van der Waals surface area contributed by atoms with Gasteiger partial charge in [0.05, 0.1) is 5.69 Å². The van der Waals surface area contributed by atoms with Gasteiger partial charge in [-0.2, -0.15) is 0 Å². The number of amides is 2. The first-order valence-corrected chi connectivity index (χ1v) is 9.32. The summed E-state index contributed by atoms with van der Waals surface area (Å²) in [7, 11) is 0. The van der Waals surface area contributed by atoms with E-state index in [4.69, 9.17) is 0 Å². The number of fused-ring (bicyclic) bond motifs is 1. The molecule has 2 aromatic carbocycles. The number of Topliss-reactive ketones (excluding diaryl/α,β-unsaturated/α-hetero) is 1. The zero-order chi connectivity index (χ0) is 19.7. The number of nitrogens with zero attached hydrogens (tertiary/aromatic N) is 2. The molecule has 4 rings (SSSR count). The van der Waals surface area contributed by atoms with Crippen LogP contribution >= 0.6 is 0 Å². The molecule has 1 atom stereocenters. The van der Waals surface area contributed by atoms with Crippen molar-refractivity contribution >= 4 is 28.5 Å². The first kappa shape index (κ1) is 18.0. The Hall–Kier alpha value is -3.41. The Kier molecular flexibility index (Phi) is 4.69. The zero-order valence-corrected chi connectivity index (χ0v) is 15.6. The topological polar surface area (TPSA) is 73.5 Å². The van der Waals surface area contributed by atoms with Crippen molar-refractivity contribution in [3.05, 3.63) is 71.9 Å². The molecule has 28 heavy (non-hydrogen) atoms. The van der Waals surface area contributed by atoms with Gasteiger partial charge in [0.15, 0.2) is 0 Å². The van der Waals surface area contributed by atoms with Crippen LogP contribution in [-0.4, -0.2) is 58.1 Å². The third-order valence-electron chi connectivity index (χ3n) is 5.17. The monoisotopic (exact) mass is 375 g/mol. The second kappa shape index (κ2) is 7.31. The van der Waals surface area contributed by atoms with Crippen molar-refractivity contribution in [3.63, 3.8) is 0 Å². The van der Waals surface area contributed by atoms with E-state index in [0.717, 1.165) is 10.9 Å². The molecule has 2 amide bonds. The van der Waals surface area contributed by atoms with Crippen molar-refractivity contribution in [2.24, 2.45) is 0 Å². The number of benzene rings is 2. The van der Waals surface area contributed by atoms with Gasteiger partial charge < -0.3 is 14.8 Å². The molecule has 0 unspecified atom stereocenters. The molecular weight excluding hydrogens is 354 g/mol. The van der Waals surface area contributed by atoms with Crippen LogP contribution in [0.25, 0.3) is 10.9 Å². The second-order valence-corrected chi connectivity index (χ2v) is 7.06. The normalized spacial score (nSPS) is 17.0. The molecule has 6 nitrogen and oxygen atoms in total. The molecule has 0 bridgehead atoms. The van der Waals surface area contributed by atoms with Gasteiger partial charge in [0, 0.05) is 42.1 Å². The molecule has 1 aliphatic heterocycles. The highest BCUT2D eigenvalue weighted by atomic mass is 16.2. The first-order chi connectivity index (χ1) is 13.5. The average molecular weight is 375 g/mol. The van der Waals surface area contributed by atoms with Crippen LogP contribution < -0.4 is 0 Å². The van der Waals surface area contributed by atoms with Crippen molar-refractivity contribution in [2.75, 3.05) is 19.6 Å². The molecule has 1 aromatic heterocycles. The third-order valence-corrected chi connectivity index (χ3v) is 5.17. The molecule has 1 aliphatic rings. The minimum absolute atomic E-state index is 0.0542. The first-order valence-electron chi connectivity index (χ1n) is 9.32. The van der Waals surface area contributed by atoms with Gasteiger partial charge in [-0.25, -0.2) is 0 Å². The number of aromatic amines is 1. The number of para-hydroxylation sites is 1. The van der Waals surface area contributed by atoms with E-state index in [0.29, 0.717) is 30.9 Å². The minimum Gasteiger partial charge on any atom is -0.352 e. The molecule has 3 aromatic rings. The summed E-state index contributed by atoms with van der Waals surface area (Å²) in [6, 6.07) is 18.1. The quantitative estimate of drug-likeness (QED) is 0.565. The third kappa shape index (κ3) is 3.29. The number of hydrogen-bond donors (Lipinski definition) is 1. The van der Waals surface area contributed by atoms with E-state index >= 15 is 0 Å². The maximum Gasteiger partial charge on any atom is 0.296 e. The lowest BCUT2D eigenvalue weighted by atomic mass is 10.1. The summed E-state index contributed by atoms with van der Waals surface area (Å²) in [5.41, 5.74) is 1.75. The molecule has 0 spiro atoms. The predicted octanol–water partition coefficient (Wildman–Crippen LogP) is 2.72. The van der Waals surface area contributed by atoms with E-state index in [1.165, 1.54) is 0 Å². The van der Waals surface area contributed by atoms with E-state index in [1.54, 1.807) is 28.0 Å². The summed E-state index contributed by atoms with van der Waals surface area (Å²) < 4.78 is 0. The van der Waals surface area contributed by atoms with Crippen LogP contribution in [0.1, 0.15) is 27.8 Å². The van der Waals surface area contributed by atoms with Gasteiger partial charge in [-0.3, -0.25) is 14.4 Å². The van der Waals surface area contributed by atoms with Crippen molar-refractivity contribution in [2.45, 2.75) is 13.0 Å². The van der Waals surface area contributed by atoms with Crippen LogP contribution in [-0.2, 0) is 4.79 Å². The number of hydrogen-bond acceptors (Lipinski definition) is 3. The van der Waals surface area contributed by atoms with E-state index in [9.17, 15) is 14.4 Å². The van der Waals surface area contributed by atoms with Crippen LogP contribution in [0.15, 0.2) is 60.7 Å². The van der Waals surface area contributed by atoms with Crippen LogP contribution in [0, 0.1) is 0 Å². The van der Waals surface area contributed by atoms with E-state index in [-0.39, 0.29) is 11.9 Å². The summed E-state index contributed by atoms with van der Waals surface area (Å²) in [5, 5.41) is 0.893.